The molecule has 1 aromatic carbocycles. The van der Waals surface area contributed by atoms with Gasteiger partial charge in [-0.15, -0.1) is 0 Å². The average molecular weight is 264 g/mol. The number of benzene rings is 1. The van der Waals surface area contributed by atoms with E-state index in [0.717, 1.165) is 18.8 Å². The summed E-state index contributed by atoms with van der Waals surface area (Å²) in [5.74, 6) is 0.813. The van der Waals surface area contributed by atoms with Crippen LogP contribution in [-0.4, -0.2) is 55.4 Å². The van der Waals surface area contributed by atoms with Crippen LogP contribution in [0.1, 0.15) is 12.8 Å². The lowest BCUT2D eigenvalue weighted by atomic mass is 10.1. The second kappa shape index (κ2) is 7.48. The highest BCUT2D eigenvalue weighted by atomic mass is 16.5. The Morgan fingerprint density at radius 1 is 1.42 bits per heavy atom. The molecule has 1 aliphatic rings. The molecule has 0 aromatic heterocycles. The van der Waals surface area contributed by atoms with Crippen molar-refractivity contribution in [1.82, 2.24) is 10.2 Å². The third kappa shape index (κ3) is 4.82. The summed E-state index contributed by atoms with van der Waals surface area (Å²) in [7, 11) is 2.00. The molecule has 0 saturated carbocycles. The Morgan fingerprint density at radius 2 is 2.21 bits per heavy atom. The topological polar surface area (TPSA) is 44.7 Å². The van der Waals surface area contributed by atoms with E-state index in [1.807, 2.05) is 37.4 Å². The Bertz CT molecular complexity index is 358. The van der Waals surface area contributed by atoms with Gasteiger partial charge in [0.15, 0.2) is 0 Å². The molecular weight excluding hydrogens is 240 g/mol. The normalized spacial score (nSPS) is 22.1. The molecule has 1 fully saturated rings. The predicted octanol–water partition coefficient (Wildman–Crippen LogP) is 1.11. The maximum absolute atomic E-state index is 10.0. The Morgan fingerprint density at radius 3 is 2.95 bits per heavy atom. The van der Waals surface area contributed by atoms with Crippen LogP contribution in [0, 0.1) is 0 Å². The molecule has 4 nitrogen and oxygen atoms in total. The zero-order chi connectivity index (χ0) is 13.5. The number of aliphatic hydroxyl groups is 1. The summed E-state index contributed by atoms with van der Waals surface area (Å²) in [5.41, 5.74) is 0. The van der Waals surface area contributed by atoms with Gasteiger partial charge in [-0.1, -0.05) is 18.2 Å². The van der Waals surface area contributed by atoms with Gasteiger partial charge in [0.05, 0.1) is 0 Å². The molecule has 2 N–H and O–H groups in total. The Kier molecular flexibility index (Phi) is 5.63. The summed E-state index contributed by atoms with van der Waals surface area (Å²) in [6.07, 6.45) is 1.98. The lowest BCUT2D eigenvalue weighted by Gasteiger charge is -2.33. The molecular formula is C15H24N2O2. The van der Waals surface area contributed by atoms with Crippen molar-refractivity contribution in [3.63, 3.8) is 0 Å². The van der Waals surface area contributed by atoms with Crippen molar-refractivity contribution >= 4 is 0 Å². The Balaban J connectivity index is 1.70. The molecule has 0 spiro atoms. The first-order valence-electron chi connectivity index (χ1n) is 7.03. The number of aliphatic hydroxyl groups excluding tert-OH is 1. The lowest BCUT2D eigenvalue weighted by molar-refractivity contribution is 0.0567. The second-order valence-electron chi connectivity index (χ2n) is 5.17. The van der Waals surface area contributed by atoms with Gasteiger partial charge in [0.2, 0.25) is 0 Å². The fourth-order valence-electron chi connectivity index (χ4n) is 2.52. The van der Waals surface area contributed by atoms with Crippen molar-refractivity contribution in [3.05, 3.63) is 30.3 Å². The van der Waals surface area contributed by atoms with Crippen molar-refractivity contribution in [3.8, 4) is 5.75 Å². The van der Waals surface area contributed by atoms with Crippen LogP contribution in [0.5, 0.6) is 5.75 Å². The first-order valence-corrected chi connectivity index (χ1v) is 7.03. The largest absolute Gasteiger partial charge is 0.491 e. The lowest BCUT2D eigenvalue weighted by Crippen LogP contribution is -2.47. The van der Waals surface area contributed by atoms with Crippen LogP contribution < -0.4 is 10.1 Å². The van der Waals surface area contributed by atoms with Gasteiger partial charge in [-0.2, -0.15) is 0 Å². The average Bonchev–Trinajstić information content (AvgIpc) is 2.46. The van der Waals surface area contributed by atoms with Crippen LogP contribution in [0.4, 0.5) is 0 Å². The standard InChI is InChI=1S/C15H24N2O2/c1-16-13-6-5-9-17(10-13)11-14(18)12-19-15-7-3-2-4-8-15/h2-4,7-8,13-14,16,18H,5-6,9-12H2,1H3. The van der Waals surface area contributed by atoms with Crippen molar-refractivity contribution in [2.45, 2.75) is 25.0 Å². The first kappa shape index (κ1) is 14.3. The van der Waals surface area contributed by atoms with Crippen LogP contribution in [0.15, 0.2) is 30.3 Å². The van der Waals surface area contributed by atoms with E-state index in [2.05, 4.69) is 10.2 Å². The number of hydrogen-bond acceptors (Lipinski definition) is 4. The SMILES string of the molecule is CNC1CCCN(CC(O)COc2ccccc2)C1. The van der Waals surface area contributed by atoms with Gasteiger partial charge in [0.1, 0.15) is 18.5 Å². The van der Waals surface area contributed by atoms with Gasteiger partial charge in [-0.25, -0.2) is 0 Å². The van der Waals surface area contributed by atoms with E-state index in [1.165, 1.54) is 12.8 Å². The van der Waals surface area contributed by atoms with Crippen molar-refractivity contribution in [2.75, 3.05) is 33.3 Å². The summed E-state index contributed by atoms with van der Waals surface area (Å²) in [5, 5.41) is 13.3. The first-order chi connectivity index (χ1) is 9.28. The number of likely N-dealkylation sites (tertiary alicyclic amines) is 1. The van der Waals surface area contributed by atoms with Crippen LogP contribution >= 0.6 is 0 Å². The summed E-state index contributed by atoms with van der Waals surface area (Å²) < 4.78 is 5.57. The van der Waals surface area contributed by atoms with E-state index in [1.54, 1.807) is 0 Å². The summed E-state index contributed by atoms with van der Waals surface area (Å²) >= 11 is 0. The minimum atomic E-state index is -0.434. The molecule has 2 rings (SSSR count). The zero-order valence-corrected chi connectivity index (χ0v) is 11.6. The number of hydrogen-bond donors (Lipinski definition) is 2. The van der Waals surface area contributed by atoms with E-state index in [4.69, 9.17) is 4.74 Å². The zero-order valence-electron chi connectivity index (χ0n) is 11.6. The summed E-state index contributed by atoms with van der Waals surface area (Å²) in [6.45, 7) is 3.12. The fourth-order valence-corrected chi connectivity index (χ4v) is 2.52. The molecule has 0 radical (unpaired) electrons. The van der Waals surface area contributed by atoms with Crippen LogP contribution in [-0.2, 0) is 0 Å². The molecule has 1 aromatic rings. The number of para-hydroxylation sites is 1. The molecule has 19 heavy (non-hydrogen) atoms. The van der Waals surface area contributed by atoms with Gasteiger partial charge in [0, 0.05) is 19.1 Å². The molecule has 2 unspecified atom stereocenters. The highest BCUT2D eigenvalue weighted by Crippen LogP contribution is 2.11. The van der Waals surface area contributed by atoms with E-state index in [0.29, 0.717) is 19.2 Å². The molecule has 0 bridgehead atoms. The van der Waals surface area contributed by atoms with Gasteiger partial charge in [-0.3, -0.25) is 4.90 Å². The number of nitrogens with zero attached hydrogens (tertiary/aromatic N) is 1. The molecule has 0 amide bonds. The van der Waals surface area contributed by atoms with E-state index in [9.17, 15) is 5.11 Å². The quantitative estimate of drug-likeness (QED) is 0.808. The molecule has 1 heterocycles. The van der Waals surface area contributed by atoms with Crippen molar-refractivity contribution in [2.24, 2.45) is 0 Å². The van der Waals surface area contributed by atoms with Crippen LogP contribution in [0.3, 0.4) is 0 Å². The number of piperidine rings is 1. The van der Waals surface area contributed by atoms with E-state index in [-0.39, 0.29) is 0 Å². The molecule has 1 saturated heterocycles. The van der Waals surface area contributed by atoms with Crippen molar-refractivity contribution < 1.29 is 9.84 Å². The number of likely N-dealkylation sites (N-methyl/N-ethyl adjacent to an activating group) is 1. The predicted molar refractivity (Wildman–Crippen MR) is 76.5 cm³/mol. The number of β-amino-alcohol motifs (C(OH)–C–C–N with tert-alkyl or cyclic N) is 1. The van der Waals surface area contributed by atoms with Gasteiger partial charge in [-0.05, 0) is 38.6 Å². The van der Waals surface area contributed by atoms with Gasteiger partial charge < -0.3 is 15.2 Å². The highest BCUT2D eigenvalue weighted by Gasteiger charge is 2.20. The summed E-state index contributed by atoms with van der Waals surface area (Å²) in [4.78, 5) is 2.31. The van der Waals surface area contributed by atoms with Gasteiger partial charge in [0.25, 0.3) is 0 Å². The molecule has 2 atom stereocenters. The third-order valence-electron chi connectivity index (χ3n) is 3.57. The van der Waals surface area contributed by atoms with Crippen molar-refractivity contribution in [1.29, 1.82) is 0 Å². The summed E-state index contributed by atoms with van der Waals surface area (Å²) in [6, 6.07) is 10.2. The Labute approximate surface area is 115 Å². The smallest absolute Gasteiger partial charge is 0.119 e. The molecule has 106 valence electrons. The van der Waals surface area contributed by atoms with Crippen LogP contribution in [0.25, 0.3) is 0 Å². The van der Waals surface area contributed by atoms with Crippen LogP contribution in [0.2, 0.25) is 0 Å². The minimum Gasteiger partial charge on any atom is -0.491 e. The second-order valence-corrected chi connectivity index (χ2v) is 5.17. The highest BCUT2D eigenvalue weighted by molar-refractivity contribution is 5.20. The Hall–Kier alpha value is -1.10. The number of ether oxygens (including phenoxy) is 1. The molecule has 0 aliphatic carbocycles. The number of nitrogens with one attached hydrogen (secondary N) is 1. The maximum Gasteiger partial charge on any atom is 0.119 e. The molecule has 4 heteroatoms. The van der Waals surface area contributed by atoms with E-state index < -0.39 is 6.10 Å². The third-order valence-corrected chi connectivity index (χ3v) is 3.57. The number of rotatable bonds is 6. The monoisotopic (exact) mass is 264 g/mol. The fraction of sp³-hybridized carbons (Fsp3) is 0.600. The van der Waals surface area contributed by atoms with E-state index >= 15 is 0 Å². The molecule has 1 aliphatic heterocycles. The van der Waals surface area contributed by atoms with Gasteiger partial charge >= 0.3 is 0 Å². The minimum absolute atomic E-state index is 0.352. The maximum atomic E-state index is 10.0.